The molecule has 0 amide bonds. The molecule has 9 nitrogen and oxygen atoms in total. The van der Waals surface area contributed by atoms with E-state index in [1.165, 1.54) is 23.9 Å². The van der Waals surface area contributed by atoms with Gasteiger partial charge in [0, 0.05) is 17.1 Å². The molecule has 0 saturated heterocycles. The predicted octanol–water partition coefficient (Wildman–Crippen LogP) is 2.76. The van der Waals surface area contributed by atoms with Gasteiger partial charge in [0.25, 0.3) is 15.9 Å². The van der Waals surface area contributed by atoms with E-state index in [-0.39, 0.29) is 11.1 Å². The van der Waals surface area contributed by atoms with Crippen LogP contribution >= 0.6 is 11.3 Å². The monoisotopic (exact) mass is 409 g/mol. The van der Waals surface area contributed by atoms with Crippen molar-refractivity contribution in [2.75, 3.05) is 11.3 Å². The van der Waals surface area contributed by atoms with Crippen LogP contribution in [0.15, 0.2) is 22.1 Å². The van der Waals surface area contributed by atoms with E-state index in [4.69, 9.17) is 9.26 Å². The Bertz CT molecular complexity index is 1080. The van der Waals surface area contributed by atoms with Gasteiger partial charge in [0.1, 0.15) is 5.00 Å². The number of thiophene rings is 1. The fourth-order valence-electron chi connectivity index (χ4n) is 2.84. The highest BCUT2D eigenvalue weighted by molar-refractivity contribution is 7.92. The zero-order valence-electron chi connectivity index (χ0n) is 15.1. The highest BCUT2D eigenvalue weighted by Gasteiger charge is 2.29. The molecule has 0 saturated carbocycles. The topological polar surface area (TPSA) is 112 Å². The zero-order chi connectivity index (χ0) is 19.2. The normalized spacial score (nSPS) is 14.5. The molecule has 0 spiro atoms. The van der Waals surface area contributed by atoms with Gasteiger partial charge in [0.15, 0.2) is 10.9 Å². The third-order valence-corrected chi connectivity index (χ3v) is 6.72. The van der Waals surface area contributed by atoms with Crippen molar-refractivity contribution < 1.29 is 17.7 Å². The lowest BCUT2D eigenvalue weighted by molar-refractivity contribution is 0.113. The largest absolute Gasteiger partial charge is 0.376 e. The summed E-state index contributed by atoms with van der Waals surface area (Å²) in [5, 5.41) is 4.24. The maximum Gasteiger partial charge on any atom is 0.281 e. The SMILES string of the molecule is Cc1noc(-c2c(NS(=O)(=O)c3cn(C(C)C)cn3)sc3c2CCOC3)n1. The Morgan fingerprint density at radius 3 is 2.85 bits per heavy atom. The minimum absolute atomic E-state index is 0.0357. The summed E-state index contributed by atoms with van der Waals surface area (Å²) in [5.41, 5.74) is 1.62. The third kappa shape index (κ3) is 3.37. The number of nitrogens with one attached hydrogen (secondary N) is 1. The average molecular weight is 409 g/mol. The molecule has 0 unspecified atom stereocenters. The van der Waals surface area contributed by atoms with Crippen LogP contribution in [0.25, 0.3) is 11.5 Å². The first-order valence-electron chi connectivity index (χ1n) is 8.44. The molecule has 4 heterocycles. The fourth-order valence-corrected chi connectivity index (χ4v) is 5.26. The summed E-state index contributed by atoms with van der Waals surface area (Å²) < 4.78 is 40.9. The minimum Gasteiger partial charge on any atom is -0.376 e. The number of hydrogen-bond donors (Lipinski definition) is 1. The summed E-state index contributed by atoms with van der Waals surface area (Å²) in [5.74, 6) is 0.791. The van der Waals surface area contributed by atoms with Crippen LogP contribution in [-0.4, -0.2) is 34.7 Å². The smallest absolute Gasteiger partial charge is 0.281 e. The molecule has 1 aliphatic rings. The second-order valence-electron chi connectivity index (χ2n) is 6.52. The highest BCUT2D eigenvalue weighted by Crippen LogP contribution is 2.43. The Kier molecular flexibility index (Phi) is 4.52. The number of anilines is 1. The Morgan fingerprint density at radius 2 is 2.19 bits per heavy atom. The number of imidazole rings is 1. The summed E-state index contributed by atoms with van der Waals surface area (Å²) in [6.07, 6.45) is 3.68. The highest BCUT2D eigenvalue weighted by atomic mass is 32.2. The quantitative estimate of drug-likeness (QED) is 0.689. The molecule has 0 aromatic carbocycles. The Balaban J connectivity index is 1.76. The van der Waals surface area contributed by atoms with Gasteiger partial charge in [-0.1, -0.05) is 5.16 Å². The summed E-state index contributed by atoms with van der Waals surface area (Å²) >= 11 is 1.32. The van der Waals surface area contributed by atoms with E-state index in [2.05, 4.69) is 19.8 Å². The number of ether oxygens (including phenoxy) is 1. The first-order valence-corrected chi connectivity index (χ1v) is 10.7. The van der Waals surface area contributed by atoms with E-state index < -0.39 is 10.0 Å². The Hall–Kier alpha value is -2.24. The van der Waals surface area contributed by atoms with Crippen LogP contribution in [0, 0.1) is 6.92 Å². The van der Waals surface area contributed by atoms with Gasteiger partial charge in [-0.3, -0.25) is 4.72 Å². The van der Waals surface area contributed by atoms with Crippen LogP contribution in [0.2, 0.25) is 0 Å². The molecule has 1 aliphatic heterocycles. The number of sulfonamides is 1. The zero-order valence-corrected chi connectivity index (χ0v) is 16.7. The fraction of sp³-hybridized carbons (Fsp3) is 0.438. The Morgan fingerprint density at radius 1 is 1.37 bits per heavy atom. The standard InChI is InChI=1S/C16H19N5O4S2/c1-9(2)21-6-13(17-8-21)27(22,23)20-16-14(15-18-10(3)19-25-15)11-4-5-24-7-12(11)26-16/h6,8-9,20H,4-5,7H2,1-3H3. The van der Waals surface area contributed by atoms with Crippen molar-refractivity contribution in [1.29, 1.82) is 0 Å². The second kappa shape index (κ2) is 6.73. The van der Waals surface area contributed by atoms with E-state index >= 15 is 0 Å². The van der Waals surface area contributed by atoms with Crippen LogP contribution in [0.5, 0.6) is 0 Å². The van der Waals surface area contributed by atoms with E-state index in [1.54, 1.807) is 11.5 Å². The predicted molar refractivity (Wildman–Crippen MR) is 99.1 cm³/mol. The molecule has 3 aromatic heterocycles. The third-order valence-electron chi connectivity index (χ3n) is 4.24. The molecule has 1 N–H and O–H groups in total. The first-order chi connectivity index (χ1) is 12.8. The van der Waals surface area contributed by atoms with Crippen molar-refractivity contribution in [2.24, 2.45) is 0 Å². The molecule has 4 rings (SSSR count). The molecule has 0 atom stereocenters. The summed E-state index contributed by atoms with van der Waals surface area (Å²) in [6.45, 7) is 6.62. The van der Waals surface area contributed by atoms with Gasteiger partial charge in [0.2, 0.25) is 0 Å². The lowest BCUT2D eigenvalue weighted by Crippen LogP contribution is -2.13. The Labute approximate surface area is 160 Å². The summed E-state index contributed by atoms with van der Waals surface area (Å²) in [6, 6.07) is 0.115. The molecule has 0 aliphatic carbocycles. The maximum atomic E-state index is 12.9. The number of rotatable bonds is 5. The molecule has 3 aromatic rings. The number of hydrogen-bond acceptors (Lipinski definition) is 8. The number of aromatic nitrogens is 4. The molecular weight excluding hydrogens is 390 g/mol. The van der Waals surface area contributed by atoms with Gasteiger partial charge in [-0.15, -0.1) is 11.3 Å². The second-order valence-corrected chi connectivity index (χ2v) is 9.25. The lowest BCUT2D eigenvalue weighted by atomic mass is 10.1. The first kappa shape index (κ1) is 18.1. The van der Waals surface area contributed by atoms with Crippen LogP contribution in [0.4, 0.5) is 5.00 Å². The van der Waals surface area contributed by atoms with Crippen molar-refractivity contribution in [2.45, 2.75) is 44.9 Å². The van der Waals surface area contributed by atoms with Gasteiger partial charge in [-0.05, 0) is 32.8 Å². The number of aryl methyl sites for hydroxylation is 1. The van der Waals surface area contributed by atoms with Crippen molar-refractivity contribution >= 4 is 26.4 Å². The average Bonchev–Trinajstić information content (AvgIpc) is 3.31. The molecule has 11 heteroatoms. The molecule has 0 radical (unpaired) electrons. The van der Waals surface area contributed by atoms with Gasteiger partial charge in [0.05, 0.1) is 25.1 Å². The van der Waals surface area contributed by atoms with Gasteiger partial charge < -0.3 is 13.8 Å². The molecule has 0 fully saturated rings. The summed E-state index contributed by atoms with van der Waals surface area (Å²) in [4.78, 5) is 9.28. The maximum absolute atomic E-state index is 12.9. The van der Waals surface area contributed by atoms with E-state index in [0.717, 1.165) is 10.4 Å². The van der Waals surface area contributed by atoms with Gasteiger partial charge >= 0.3 is 0 Å². The van der Waals surface area contributed by atoms with E-state index in [0.29, 0.717) is 41.9 Å². The number of fused-ring (bicyclic) bond motifs is 1. The van der Waals surface area contributed by atoms with E-state index in [1.807, 2.05) is 13.8 Å². The molecule has 0 bridgehead atoms. The van der Waals surface area contributed by atoms with E-state index in [9.17, 15) is 8.42 Å². The van der Waals surface area contributed by atoms with Crippen molar-refractivity contribution in [3.8, 4) is 11.5 Å². The van der Waals surface area contributed by atoms with Gasteiger partial charge in [-0.25, -0.2) is 4.98 Å². The van der Waals surface area contributed by atoms with Crippen LogP contribution in [-0.2, 0) is 27.8 Å². The molecular formula is C16H19N5O4S2. The van der Waals surface area contributed by atoms with Gasteiger partial charge in [-0.2, -0.15) is 13.4 Å². The number of nitrogens with zero attached hydrogens (tertiary/aromatic N) is 4. The molecule has 27 heavy (non-hydrogen) atoms. The van der Waals surface area contributed by atoms with Crippen LogP contribution in [0.3, 0.4) is 0 Å². The van der Waals surface area contributed by atoms with Crippen molar-refractivity contribution in [3.05, 3.63) is 28.8 Å². The van der Waals surface area contributed by atoms with Crippen molar-refractivity contribution in [1.82, 2.24) is 19.7 Å². The lowest BCUT2D eigenvalue weighted by Gasteiger charge is -2.12. The van der Waals surface area contributed by atoms with Crippen molar-refractivity contribution in [3.63, 3.8) is 0 Å². The van der Waals surface area contributed by atoms with Crippen LogP contribution in [0.1, 0.15) is 36.2 Å². The molecule has 144 valence electrons. The minimum atomic E-state index is -3.85. The van der Waals surface area contributed by atoms with Crippen LogP contribution < -0.4 is 4.72 Å². The summed E-state index contributed by atoms with van der Waals surface area (Å²) in [7, 11) is -3.85.